The van der Waals surface area contributed by atoms with Gasteiger partial charge in [0, 0.05) is 20.3 Å². The van der Waals surface area contributed by atoms with Gasteiger partial charge in [-0.15, -0.1) is 0 Å². The maximum Gasteiger partial charge on any atom is 0.321 e. The molecule has 17 heavy (non-hydrogen) atoms. The number of carboxylic acids is 1. The van der Waals surface area contributed by atoms with Gasteiger partial charge in [0.05, 0.1) is 0 Å². The molecule has 1 saturated carbocycles. The number of carboxylic acid groups (broad SMARTS) is 1. The summed E-state index contributed by atoms with van der Waals surface area (Å²) in [5.74, 6) is 0.430. The minimum atomic E-state index is -0.619. The van der Waals surface area contributed by atoms with Gasteiger partial charge in [0.15, 0.2) is 0 Å². The molecule has 1 aliphatic heterocycles. The third kappa shape index (κ3) is 2.80. The number of methoxy groups -OCH3 is 1. The van der Waals surface area contributed by atoms with Crippen LogP contribution in [0.3, 0.4) is 0 Å². The van der Waals surface area contributed by atoms with Crippen molar-refractivity contribution in [2.75, 3.05) is 26.8 Å². The largest absolute Gasteiger partial charge is 0.480 e. The van der Waals surface area contributed by atoms with Gasteiger partial charge in [-0.25, -0.2) is 0 Å². The fourth-order valence-corrected chi connectivity index (χ4v) is 3.52. The van der Waals surface area contributed by atoms with E-state index in [9.17, 15) is 9.90 Å². The van der Waals surface area contributed by atoms with Gasteiger partial charge >= 0.3 is 5.97 Å². The van der Waals surface area contributed by atoms with Crippen molar-refractivity contribution in [2.24, 2.45) is 11.8 Å². The number of aliphatic carboxylic acids is 1. The summed E-state index contributed by atoms with van der Waals surface area (Å²) in [7, 11) is 1.71. The monoisotopic (exact) mass is 241 g/mol. The van der Waals surface area contributed by atoms with Crippen LogP contribution < -0.4 is 0 Å². The van der Waals surface area contributed by atoms with Crippen LogP contribution in [-0.2, 0) is 9.53 Å². The van der Waals surface area contributed by atoms with Crippen molar-refractivity contribution in [3.8, 4) is 0 Å². The molecule has 4 heteroatoms. The lowest BCUT2D eigenvalue weighted by atomic mass is 9.94. The van der Waals surface area contributed by atoms with E-state index in [4.69, 9.17) is 4.74 Å². The Morgan fingerprint density at radius 2 is 2.24 bits per heavy atom. The van der Waals surface area contributed by atoms with Gasteiger partial charge in [0.1, 0.15) is 6.04 Å². The quantitative estimate of drug-likeness (QED) is 0.718. The second-order valence-corrected chi connectivity index (χ2v) is 5.33. The first-order chi connectivity index (χ1) is 8.24. The molecule has 2 fully saturated rings. The van der Waals surface area contributed by atoms with Gasteiger partial charge in [0.2, 0.25) is 0 Å². The highest BCUT2D eigenvalue weighted by atomic mass is 16.5. The summed E-state index contributed by atoms with van der Waals surface area (Å²) < 4.78 is 5.02. The van der Waals surface area contributed by atoms with Crippen LogP contribution >= 0.6 is 0 Å². The summed E-state index contributed by atoms with van der Waals surface area (Å²) in [6.07, 6.45) is 5.61. The molecule has 0 spiro atoms. The third-order valence-corrected chi connectivity index (χ3v) is 4.28. The van der Waals surface area contributed by atoms with Crippen LogP contribution in [0.5, 0.6) is 0 Å². The third-order valence-electron chi connectivity index (χ3n) is 4.28. The molecule has 0 aromatic carbocycles. The average Bonchev–Trinajstić information content (AvgIpc) is 2.83. The summed E-state index contributed by atoms with van der Waals surface area (Å²) in [5.41, 5.74) is 0. The maximum absolute atomic E-state index is 11.4. The standard InChI is InChI=1S/C13H23NO3/c1-17-8-3-2-7-14-9-10-5-4-6-11(10)12(14)13(15)16/h10-12H,2-9H2,1H3,(H,15,16). The maximum atomic E-state index is 11.4. The zero-order valence-electron chi connectivity index (χ0n) is 10.6. The second-order valence-electron chi connectivity index (χ2n) is 5.33. The molecular formula is C13H23NO3. The van der Waals surface area contributed by atoms with Crippen LogP contribution in [0.25, 0.3) is 0 Å². The minimum absolute atomic E-state index is 0.218. The number of nitrogens with zero attached hydrogens (tertiary/aromatic N) is 1. The number of fused-ring (bicyclic) bond motifs is 1. The fraction of sp³-hybridized carbons (Fsp3) is 0.923. The predicted molar refractivity (Wildman–Crippen MR) is 64.9 cm³/mol. The molecule has 3 unspecified atom stereocenters. The Hall–Kier alpha value is -0.610. The lowest BCUT2D eigenvalue weighted by molar-refractivity contribution is -0.143. The Kier molecular flexibility index (Phi) is 4.40. The molecule has 2 rings (SSSR count). The molecule has 0 bridgehead atoms. The smallest absolute Gasteiger partial charge is 0.321 e. The van der Waals surface area contributed by atoms with Gasteiger partial charge in [-0.3, -0.25) is 9.69 Å². The van der Waals surface area contributed by atoms with E-state index in [0.717, 1.165) is 39.0 Å². The molecule has 0 radical (unpaired) electrons. The highest BCUT2D eigenvalue weighted by Gasteiger charge is 2.47. The van der Waals surface area contributed by atoms with Crippen molar-refractivity contribution in [1.29, 1.82) is 0 Å². The number of hydrogen-bond acceptors (Lipinski definition) is 3. The fourth-order valence-electron chi connectivity index (χ4n) is 3.52. The molecule has 0 aromatic heterocycles. The first-order valence-electron chi connectivity index (χ1n) is 6.70. The Morgan fingerprint density at radius 1 is 1.41 bits per heavy atom. The van der Waals surface area contributed by atoms with Gasteiger partial charge in [-0.05, 0) is 44.1 Å². The van der Waals surface area contributed by atoms with Crippen molar-refractivity contribution in [3.05, 3.63) is 0 Å². The number of ether oxygens (including phenoxy) is 1. The molecule has 1 aliphatic carbocycles. The van der Waals surface area contributed by atoms with Gasteiger partial charge in [0.25, 0.3) is 0 Å². The van der Waals surface area contributed by atoms with E-state index in [0.29, 0.717) is 11.8 Å². The Balaban J connectivity index is 1.86. The number of rotatable bonds is 6. The number of hydrogen-bond donors (Lipinski definition) is 1. The van der Waals surface area contributed by atoms with Crippen LogP contribution in [0.4, 0.5) is 0 Å². The molecule has 3 atom stereocenters. The first-order valence-corrected chi connectivity index (χ1v) is 6.70. The average molecular weight is 241 g/mol. The lowest BCUT2D eigenvalue weighted by Crippen LogP contribution is -2.40. The van der Waals surface area contributed by atoms with Gasteiger partial charge in [-0.2, -0.15) is 0 Å². The van der Waals surface area contributed by atoms with Crippen molar-refractivity contribution in [3.63, 3.8) is 0 Å². The topological polar surface area (TPSA) is 49.8 Å². The zero-order chi connectivity index (χ0) is 12.3. The summed E-state index contributed by atoms with van der Waals surface area (Å²) in [5, 5.41) is 9.37. The number of carbonyl (C=O) groups is 1. The van der Waals surface area contributed by atoms with Crippen LogP contribution in [-0.4, -0.2) is 48.8 Å². The van der Waals surface area contributed by atoms with Crippen molar-refractivity contribution < 1.29 is 14.6 Å². The Labute approximate surface area is 103 Å². The van der Waals surface area contributed by atoms with Crippen LogP contribution in [0.2, 0.25) is 0 Å². The molecule has 98 valence electrons. The predicted octanol–water partition coefficient (Wildman–Crippen LogP) is 1.60. The molecule has 1 N–H and O–H groups in total. The lowest BCUT2D eigenvalue weighted by Gasteiger charge is -2.23. The highest BCUT2D eigenvalue weighted by Crippen LogP contribution is 2.42. The second kappa shape index (κ2) is 5.83. The van der Waals surface area contributed by atoms with E-state index in [2.05, 4.69) is 4.90 Å². The van der Waals surface area contributed by atoms with E-state index < -0.39 is 5.97 Å². The number of likely N-dealkylation sites (tertiary alicyclic amines) is 1. The molecule has 0 amide bonds. The Morgan fingerprint density at radius 3 is 2.94 bits per heavy atom. The molecular weight excluding hydrogens is 218 g/mol. The first kappa shape index (κ1) is 12.8. The molecule has 4 nitrogen and oxygen atoms in total. The number of unbranched alkanes of at least 4 members (excludes halogenated alkanes) is 1. The van der Waals surface area contributed by atoms with Crippen LogP contribution in [0.15, 0.2) is 0 Å². The van der Waals surface area contributed by atoms with Crippen molar-refractivity contribution in [2.45, 2.75) is 38.1 Å². The normalized spacial score (nSPS) is 32.9. The molecule has 0 aromatic rings. The molecule has 1 heterocycles. The van der Waals surface area contributed by atoms with Gasteiger partial charge in [-0.1, -0.05) is 6.42 Å². The van der Waals surface area contributed by atoms with E-state index in [-0.39, 0.29) is 6.04 Å². The summed E-state index contributed by atoms with van der Waals surface area (Å²) in [4.78, 5) is 13.6. The van der Waals surface area contributed by atoms with Crippen LogP contribution in [0.1, 0.15) is 32.1 Å². The van der Waals surface area contributed by atoms with Crippen molar-refractivity contribution in [1.82, 2.24) is 4.90 Å². The molecule has 1 saturated heterocycles. The summed E-state index contributed by atoms with van der Waals surface area (Å²) >= 11 is 0. The SMILES string of the molecule is COCCCCN1CC2CCCC2C1C(=O)O. The summed E-state index contributed by atoms with van der Waals surface area (Å²) in [6.45, 7) is 2.68. The van der Waals surface area contributed by atoms with E-state index in [1.165, 1.54) is 12.8 Å². The van der Waals surface area contributed by atoms with Crippen molar-refractivity contribution >= 4 is 5.97 Å². The minimum Gasteiger partial charge on any atom is -0.480 e. The zero-order valence-corrected chi connectivity index (χ0v) is 10.6. The van der Waals surface area contributed by atoms with Gasteiger partial charge < -0.3 is 9.84 Å². The van der Waals surface area contributed by atoms with Crippen LogP contribution in [0, 0.1) is 11.8 Å². The van der Waals surface area contributed by atoms with E-state index in [1.807, 2.05) is 0 Å². The van der Waals surface area contributed by atoms with E-state index >= 15 is 0 Å². The molecule has 2 aliphatic rings. The highest BCUT2D eigenvalue weighted by molar-refractivity contribution is 5.74. The Bertz CT molecular complexity index is 269. The van der Waals surface area contributed by atoms with E-state index in [1.54, 1.807) is 7.11 Å². The summed E-state index contributed by atoms with van der Waals surface area (Å²) in [6, 6.07) is -0.218.